The monoisotopic (exact) mass is 392 g/mol. The highest BCUT2D eigenvalue weighted by molar-refractivity contribution is 5.83. The van der Waals surface area contributed by atoms with E-state index in [0.717, 1.165) is 49.7 Å². The van der Waals surface area contributed by atoms with E-state index in [4.69, 9.17) is 4.74 Å². The summed E-state index contributed by atoms with van der Waals surface area (Å²) in [5, 5.41) is 12.3. The number of nitrogens with zero attached hydrogens (tertiary/aromatic N) is 1. The van der Waals surface area contributed by atoms with Gasteiger partial charge in [-0.25, -0.2) is 9.89 Å². The Kier molecular flexibility index (Phi) is 7.60. The van der Waals surface area contributed by atoms with Crippen LogP contribution in [0.2, 0.25) is 0 Å². The van der Waals surface area contributed by atoms with Gasteiger partial charge in [-0.05, 0) is 71.8 Å². The Labute approximate surface area is 165 Å². The van der Waals surface area contributed by atoms with E-state index in [0.29, 0.717) is 18.8 Å². The maximum Gasteiger partial charge on any atom is 0.407 e. The van der Waals surface area contributed by atoms with Crippen molar-refractivity contribution in [1.82, 2.24) is 20.8 Å². The van der Waals surface area contributed by atoms with Crippen LogP contribution in [0.5, 0.6) is 0 Å². The number of hydrogen-bond acceptors (Lipinski definition) is 5. The zero-order chi connectivity index (χ0) is 20.7. The molecule has 2 rings (SSSR count). The van der Waals surface area contributed by atoms with Gasteiger partial charge in [-0.3, -0.25) is 9.59 Å². The van der Waals surface area contributed by atoms with Crippen molar-refractivity contribution in [2.45, 2.75) is 77.7 Å². The predicted molar refractivity (Wildman–Crippen MR) is 106 cm³/mol. The molecule has 0 saturated heterocycles. The second kappa shape index (κ2) is 9.71. The number of fused-ring (bicyclic) bond motifs is 1. The Morgan fingerprint density at radius 1 is 1.11 bits per heavy atom. The summed E-state index contributed by atoms with van der Waals surface area (Å²) in [5.41, 5.74) is 1.76. The van der Waals surface area contributed by atoms with E-state index in [1.165, 1.54) is 0 Å². The summed E-state index contributed by atoms with van der Waals surface area (Å²) in [6.07, 6.45) is 4.61. The van der Waals surface area contributed by atoms with Crippen molar-refractivity contribution >= 4 is 12.0 Å². The molecule has 0 bridgehead atoms. The number of aromatic amines is 1. The molecule has 156 valence electrons. The van der Waals surface area contributed by atoms with Gasteiger partial charge in [0.25, 0.3) is 5.56 Å². The average molecular weight is 393 g/mol. The number of rotatable bonds is 7. The summed E-state index contributed by atoms with van der Waals surface area (Å²) in [5.74, 6) is -0.518. The molecular formula is C20H32N4O4. The van der Waals surface area contributed by atoms with Gasteiger partial charge >= 0.3 is 6.09 Å². The van der Waals surface area contributed by atoms with Crippen molar-refractivity contribution in [3.63, 3.8) is 0 Å². The first-order chi connectivity index (χ1) is 13.2. The van der Waals surface area contributed by atoms with Crippen molar-refractivity contribution in [2.24, 2.45) is 0 Å². The highest BCUT2D eigenvalue weighted by Crippen LogP contribution is 2.25. The number of carbonyl (C=O) groups is 2. The summed E-state index contributed by atoms with van der Waals surface area (Å²) < 4.78 is 5.16. The zero-order valence-corrected chi connectivity index (χ0v) is 17.3. The van der Waals surface area contributed by atoms with Crippen LogP contribution in [-0.4, -0.2) is 40.9 Å². The minimum Gasteiger partial charge on any atom is -0.444 e. The lowest BCUT2D eigenvalue weighted by Gasteiger charge is -2.20. The normalized spacial score (nSPS) is 14.7. The highest BCUT2D eigenvalue weighted by Gasteiger charge is 2.25. The van der Waals surface area contributed by atoms with E-state index in [9.17, 15) is 14.4 Å². The van der Waals surface area contributed by atoms with E-state index in [1.54, 1.807) is 0 Å². The summed E-state index contributed by atoms with van der Waals surface area (Å²) in [6.45, 7) is 8.28. The Bertz CT molecular complexity index is 752. The van der Waals surface area contributed by atoms with Crippen LogP contribution in [0.15, 0.2) is 4.79 Å². The SMILES string of the molecule is CC(C(=O)NCCCCNC(=O)OC(C)(C)C)c1n[nH]c(=O)c2c1CCCC2. The Balaban J connectivity index is 1.75. The molecule has 8 heteroatoms. The Hall–Kier alpha value is -2.38. The van der Waals surface area contributed by atoms with Crippen molar-refractivity contribution < 1.29 is 14.3 Å². The molecular weight excluding hydrogens is 360 g/mol. The second-order valence-corrected chi connectivity index (χ2v) is 8.25. The molecule has 1 aromatic heterocycles. The summed E-state index contributed by atoms with van der Waals surface area (Å²) >= 11 is 0. The Morgan fingerprint density at radius 3 is 2.36 bits per heavy atom. The average Bonchev–Trinajstić information content (AvgIpc) is 2.63. The maximum atomic E-state index is 12.5. The molecule has 3 N–H and O–H groups in total. The molecule has 28 heavy (non-hydrogen) atoms. The first kappa shape index (κ1) is 21.9. The van der Waals surface area contributed by atoms with Crippen LogP contribution in [0.25, 0.3) is 0 Å². The molecule has 0 aromatic carbocycles. The molecule has 0 aliphatic heterocycles. The highest BCUT2D eigenvalue weighted by atomic mass is 16.6. The lowest BCUT2D eigenvalue weighted by molar-refractivity contribution is -0.122. The van der Waals surface area contributed by atoms with Gasteiger partial charge in [-0.1, -0.05) is 0 Å². The minimum atomic E-state index is -0.511. The number of aromatic nitrogens is 2. The van der Waals surface area contributed by atoms with Crippen LogP contribution < -0.4 is 16.2 Å². The number of unbranched alkanes of at least 4 members (excludes halogenated alkanes) is 1. The molecule has 1 aromatic rings. The van der Waals surface area contributed by atoms with Gasteiger partial charge in [-0.2, -0.15) is 5.10 Å². The number of amides is 2. The van der Waals surface area contributed by atoms with Crippen molar-refractivity contribution in [2.75, 3.05) is 13.1 Å². The standard InChI is InChI=1S/C20H32N4O4/c1-13(16-14-9-5-6-10-15(14)18(26)24-23-16)17(25)21-11-7-8-12-22-19(27)28-20(2,3)4/h13H,5-12H2,1-4H3,(H,21,25)(H,22,27)(H,24,26). The summed E-state index contributed by atoms with van der Waals surface area (Å²) in [6, 6.07) is 0. The van der Waals surface area contributed by atoms with Crippen LogP contribution in [0.4, 0.5) is 4.79 Å². The van der Waals surface area contributed by atoms with Crippen molar-refractivity contribution in [1.29, 1.82) is 0 Å². The molecule has 1 unspecified atom stereocenters. The van der Waals surface area contributed by atoms with E-state index < -0.39 is 17.6 Å². The number of H-pyrrole nitrogens is 1. The molecule has 0 fully saturated rings. The van der Waals surface area contributed by atoms with E-state index in [1.807, 2.05) is 27.7 Å². The first-order valence-electron chi connectivity index (χ1n) is 10.0. The van der Waals surface area contributed by atoms with E-state index in [2.05, 4.69) is 20.8 Å². The molecule has 1 aliphatic rings. The number of nitrogens with one attached hydrogen (secondary N) is 3. The molecule has 0 radical (unpaired) electrons. The van der Waals surface area contributed by atoms with Crippen molar-refractivity contribution in [3.05, 3.63) is 27.2 Å². The quantitative estimate of drug-likeness (QED) is 0.616. The molecule has 8 nitrogen and oxygen atoms in total. The van der Waals surface area contributed by atoms with Gasteiger partial charge in [0.05, 0.1) is 11.6 Å². The summed E-state index contributed by atoms with van der Waals surface area (Å²) in [7, 11) is 0. The molecule has 1 atom stereocenters. The molecule has 1 heterocycles. The van der Waals surface area contributed by atoms with Gasteiger partial charge in [0, 0.05) is 18.7 Å². The minimum absolute atomic E-state index is 0.104. The summed E-state index contributed by atoms with van der Waals surface area (Å²) in [4.78, 5) is 36.0. The lowest BCUT2D eigenvalue weighted by Crippen LogP contribution is -2.34. The van der Waals surface area contributed by atoms with Crippen LogP contribution >= 0.6 is 0 Å². The van der Waals surface area contributed by atoms with Crippen LogP contribution in [0.3, 0.4) is 0 Å². The third-order valence-corrected chi connectivity index (χ3v) is 4.70. The lowest BCUT2D eigenvalue weighted by atomic mass is 9.88. The molecule has 2 amide bonds. The third kappa shape index (κ3) is 6.35. The van der Waals surface area contributed by atoms with Gasteiger partial charge in [0.2, 0.25) is 5.91 Å². The number of hydrogen-bond donors (Lipinski definition) is 3. The maximum absolute atomic E-state index is 12.5. The molecule has 1 aliphatic carbocycles. The van der Waals surface area contributed by atoms with Crippen LogP contribution in [0, 0.1) is 0 Å². The molecule has 0 saturated carbocycles. The fourth-order valence-electron chi connectivity index (χ4n) is 3.29. The van der Waals surface area contributed by atoms with Gasteiger partial charge in [0.15, 0.2) is 0 Å². The second-order valence-electron chi connectivity index (χ2n) is 8.25. The largest absolute Gasteiger partial charge is 0.444 e. The van der Waals surface area contributed by atoms with Gasteiger partial charge < -0.3 is 15.4 Å². The van der Waals surface area contributed by atoms with Crippen LogP contribution in [-0.2, 0) is 22.4 Å². The first-order valence-corrected chi connectivity index (χ1v) is 10.0. The number of carbonyl (C=O) groups excluding carboxylic acids is 2. The fraction of sp³-hybridized carbons (Fsp3) is 0.700. The smallest absolute Gasteiger partial charge is 0.407 e. The number of ether oxygens (including phenoxy) is 1. The van der Waals surface area contributed by atoms with Gasteiger partial charge in [0.1, 0.15) is 5.60 Å². The Morgan fingerprint density at radius 2 is 1.71 bits per heavy atom. The van der Waals surface area contributed by atoms with E-state index in [-0.39, 0.29) is 11.5 Å². The van der Waals surface area contributed by atoms with E-state index >= 15 is 0 Å². The fourth-order valence-corrected chi connectivity index (χ4v) is 3.29. The van der Waals surface area contributed by atoms with Crippen molar-refractivity contribution in [3.8, 4) is 0 Å². The van der Waals surface area contributed by atoms with Crippen LogP contribution in [0.1, 0.15) is 76.1 Å². The predicted octanol–water partition coefficient (Wildman–Crippen LogP) is 2.17. The number of alkyl carbamates (subject to hydrolysis) is 1. The molecule has 0 spiro atoms. The zero-order valence-electron chi connectivity index (χ0n) is 17.3. The topological polar surface area (TPSA) is 113 Å². The van der Waals surface area contributed by atoms with Gasteiger partial charge in [-0.15, -0.1) is 0 Å². The third-order valence-electron chi connectivity index (χ3n) is 4.70.